The topological polar surface area (TPSA) is 32.3 Å². The first-order valence-electron chi connectivity index (χ1n) is 6.61. The summed E-state index contributed by atoms with van der Waals surface area (Å²) in [4.78, 5) is 13.2. The summed E-state index contributed by atoms with van der Waals surface area (Å²) >= 11 is 0. The molecule has 2 rings (SSSR count). The van der Waals surface area contributed by atoms with Gasteiger partial charge in [0.2, 0.25) is 5.91 Å². The van der Waals surface area contributed by atoms with E-state index in [0.29, 0.717) is 0 Å². The van der Waals surface area contributed by atoms with Crippen molar-refractivity contribution < 1.29 is 26.7 Å². The summed E-state index contributed by atoms with van der Waals surface area (Å²) in [5.41, 5.74) is -0.521. The summed E-state index contributed by atoms with van der Waals surface area (Å²) in [5, 5.41) is 2.43. The Morgan fingerprint density at radius 3 is 2.57 bits per heavy atom. The zero-order valence-electron chi connectivity index (χ0n) is 12.2. The fourth-order valence-electron chi connectivity index (χ4n) is 2.35. The van der Waals surface area contributed by atoms with E-state index in [0.717, 1.165) is 17.0 Å². The van der Waals surface area contributed by atoms with E-state index in [1.807, 2.05) is 0 Å². The molecule has 0 radical (unpaired) electrons. The number of nitrogens with one attached hydrogen (secondary N) is 1. The normalized spacial score (nSPS) is 20.0. The van der Waals surface area contributed by atoms with Crippen molar-refractivity contribution in [2.45, 2.75) is 31.1 Å². The standard InChI is InChI=1S/C14H15F5N2O.ClH/c1-21(12(22)11-6-13(15,16)8-20-11)7-9-3-2-4-10(5-9)14(17,18)19;/h2-5,11,20H,6-8H2,1H3;1H. The van der Waals surface area contributed by atoms with E-state index < -0.39 is 42.6 Å². The SMILES string of the molecule is CN(Cc1cccc(C(F)(F)F)c1)C(=O)C1CC(F)(F)CN1.Cl. The number of hydrogen-bond donors (Lipinski definition) is 1. The van der Waals surface area contributed by atoms with Gasteiger partial charge in [-0.3, -0.25) is 10.1 Å². The summed E-state index contributed by atoms with van der Waals surface area (Å²) in [6.07, 6.45) is -5.06. The maximum absolute atomic E-state index is 13.1. The van der Waals surface area contributed by atoms with E-state index in [1.165, 1.54) is 19.2 Å². The molecule has 23 heavy (non-hydrogen) atoms. The number of carbonyl (C=O) groups excluding carboxylic acids is 1. The van der Waals surface area contributed by atoms with Crippen molar-refractivity contribution in [2.24, 2.45) is 0 Å². The van der Waals surface area contributed by atoms with Crippen molar-refractivity contribution in [2.75, 3.05) is 13.6 Å². The number of alkyl halides is 5. The number of nitrogens with zero attached hydrogens (tertiary/aromatic N) is 1. The second kappa shape index (κ2) is 7.00. The van der Waals surface area contributed by atoms with Crippen LogP contribution in [0.1, 0.15) is 17.5 Å². The highest BCUT2D eigenvalue weighted by Gasteiger charge is 2.43. The van der Waals surface area contributed by atoms with Crippen molar-refractivity contribution >= 4 is 18.3 Å². The van der Waals surface area contributed by atoms with Gasteiger partial charge in [-0.1, -0.05) is 12.1 Å². The number of amides is 1. The van der Waals surface area contributed by atoms with Crippen LogP contribution < -0.4 is 5.32 Å². The van der Waals surface area contributed by atoms with E-state index >= 15 is 0 Å². The fourth-order valence-corrected chi connectivity index (χ4v) is 2.35. The van der Waals surface area contributed by atoms with Crippen LogP contribution in [0.2, 0.25) is 0 Å². The minimum atomic E-state index is -4.46. The third kappa shape index (κ3) is 5.04. The lowest BCUT2D eigenvalue weighted by molar-refractivity contribution is -0.137. The Bertz CT molecular complexity index is 564. The Morgan fingerprint density at radius 2 is 2.04 bits per heavy atom. The fraction of sp³-hybridized carbons (Fsp3) is 0.500. The largest absolute Gasteiger partial charge is 0.416 e. The lowest BCUT2D eigenvalue weighted by atomic mass is 10.1. The Kier molecular flexibility index (Phi) is 5.98. The molecule has 0 aromatic heterocycles. The number of carbonyl (C=O) groups is 1. The minimum absolute atomic E-state index is 0. The highest BCUT2D eigenvalue weighted by molar-refractivity contribution is 5.85. The van der Waals surface area contributed by atoms with Crippen molar-refractivity contribution in [1.29, 1.82) is 0 Å². The monoisotopic (exact) mass is 358 g/mol. The maximum atomic E-state index is 13.1. The predicted octanol–water partition coefficient (Wildman–Crippen LogP) is 3.08. The molecule has 1 heterocycles. The molecule has 0 aliphatic carbocycles. The summed E-state index contributed by atoms with van der Waals surface area (Å²) in [5.74, 6) is -3.49. The zero-order valence-corrected chi connectivity index (χ0v) is 13.0. The summed E-state index contributed by atoms with van der Waals surface area (Å²) < 4.78 is 64.0. The van der Waals surface area contributed by atoms with E-state index in [1.54, 1.807) is 0 Å². The van der Waals surface area contributed by atoms with Crippen molar-refractivity contribution in [3.63, 3.8) is 0 Å². The van der Waals surface area contributed by atoms with Crippen molar-refractivity contribution in [1.82, 2.24) is 10.2 Å². The Balaban J connectivity index is 0.00000264. The van der Waals surface area contributed by atoms with Gasteiger partial charge in [-0.2, -0.15) is 13.2 Å². The van der Waals surface area contributed by atoms with E-state index in [9.17, 15) is 26.7 Å². The van der Waals surface area contributed by atoms with E-state index in [-0.39, 0.29) is 24.5 Å². The summed E-state index contributed by atoms with van der Waals surface area (Å²) in [7, 11) is 1.38. The highest BCUT2D eigenvalue weighted by atomic mass is 35.5. The molecule has 1 fully saturated rings. The van der Waals surface area contributed by atoms with Gasteiger partial charge in [-0.25, -0.2) is 8.78 Å². The van der Waals surface area contributed by atoms with Crippen LogP contribution >= 0.6 is 12.4 Å². The summed E-state index contributed by atoms with van der Waals surface area (Å²) in [6, 6.07) is 3.57. The third-order valence-electron chi connectivity index (χ3n) is 3.46. The van der Waals surface area contributed by atoms with Gasteiger partial charge >= 0.3 is 6.18 Å². The second-order valence-corrected chi connectivity index (χ2v) is 5.39. The lowest BCUT2D eigenvalue weighted by Gasteiger charge is -2.21. The minimum Gasteiger partial charge on any atom is -0.340 e. The Labute approximate surface area is 136 Å². The van der Waals surface area contributed by atoms with Crippen LogP contribution in [-0.2, 0) is 17.5 Å². The molecule has 1 unspecified atom stereocenters. The molecule has 1 amide bonds. The van der Waals surface area contributed by atoms with Crippen LogP contribution in [0, 0.1) is 0 Å². The van der Waals surface area contributed by atoms with Crippen molar-refractivity contribution in [3.8, 4) is 0 Å². The quantitative estimate of drug-likeness (QED) is 0.842. The molecule has 9 heteroatoms. The summed E-state index contributed by atoms with van der Waals surface area (Å²) in [6.45, 7) is -0.646. The van der Waals surface area contributed by atoms with E-state index in [4.69, 9.17) is 0 Å². The Morgan fingerprint density at radius 1 is 1.39 bits per heavy atom. The molecule has 1 aromatic carbocycles. The van der Waals surface area contributed by atoms with Gasteiger partial charge in [0.15, 0.2) is 0 Å². The molecule has 1 N–H and O–H groups in total. The average molecular weight is 359 g/mol. The molecule has 1 aliphatic heterocycles. The molecule has 1 atom stereocenters. The van der Waals surface area contributed by atoms with Crippen LogP contribution in [0.3, 0.4) is 0 Å². The average Bonchev–Trinajstić information content (AvgIpc) is 2.77. The number of halogens is 6. The first-order chi connectivity index (χ1) is 10.1. The highest BCUT2D eigenvalue weighted by Crippen LogP contribution is 2.30. The van der Waals surface area contributed by atoms with Gasteiger partial charge in [0, 0.05) is 20.0 Å². The first-order valence-corrected chi connectivity index (χ1v) is 6.61. The maximum Gasteiger partial charge on any atom is 0.416 e. The molecule has 130 valence electrons. The molecular weight excluding hydrogens is 343 g/mol. The number of hydrogen-bond acceptors (Lipinski definition) is 2. The number of likely N-dealkylation sites (N-methyl/N-ethyl adjacent to an activating group) is 1. The van der Waals surface area contributed by atoms with E-state index in [2.05, 4.69) is 5.32 Å². The molecule has 1 saturated heterocycles. The molecule has 0 spiro atoms. The van der Waals surface area contributed by atoms with Crippen LogP contribution in [0.25, 0.3) is 0 Å². The third-order valence-corrected chi connectivity index (χ3v) is 3.46. The zero-order chi connectivity index (χ0) is 16.5. The Hall–Kier alpha value is -1.41. The molecule has 3 nitrogen and oxygen atoms in total. The van der Waals surface area contributed by atoms with Gasteiger partial charge in [0.1, 0.15) is 0 Å². The lowest BCUT2D eigenvalue weighted by Crippen LogP contribution is -2.41. The predicted molar refractivity (Wildman–Crippen MR) is 76.5 cm³/mol. The first kappa shape index (κ1) is 19.6. The van der Waals surface area contributed by atoms with Crippen LogP contribution in [0.4, 0.5) is 22.0 Å². The van der Waals surface area contributed by atoms with Crippen molar-refractivity contribution in [3.05, 3.63) is 35.4 Å². The number of benzene rings is 1. The smallest absolute Gasteiger partial charge is 0.340 e. The molecular formula is C14H16ClF5N2O. The molecule has 1 aliphatic rings. The molecule has 1 aromatic rings. The van der Waals surface area contributed by atoms with Crippen LogP contribution in [-0.4, -0.2) is 36.4 Å². The number of rotatable bonds is 3. The van der Waals surface area contributed by atoms with Gasteiger partial charge in [-0.15, -0.1) is 12.4 Å². The van der Waals surface area contributed by atoms with Crippen LogP contribution in [0.5, 0.6) is 0 Å². The van der Waals surface area contributed by atoms with Gasteiger partial charge in [-0.05, 0) is 17.7 Å². The molecule has 0 bridgehead atoms. The van der Waals surface area contributed by atoms with Gasteiger partial charge in [0.25, 0.3) is 5.92 Å². The molecule has 0 saturated carbocycles. The van der Waals surface area contributed by atoms with Crippen LogP contribution in [0.15, 0.2) is 24.3 Å². The van der Waals surface area contributed by atoms with Gasteiger partial charge < -0.3 is 4.90 Å². The van der Waals surface area contributed by atoms with Gasteiger partial charge in [0.05, 0.1) is 18.2 Å². The second-order valence-electron chi connectivity index (χ2n) is 5.39.